The van der Waals surface area contributed by atoms with Crippen LogP contribution in [0.25, 0.3) is 10.8 Å². The van der Waals surface area contributed by atoms with Crippen molar-refractivity contribution in [1.29, 1.82) is 0 Å². The third-order valence-corrected chi connectivity index (χ3v) is 9.86. The highest BCUT2D eigenvalue weighted by molar-refractivity contribution is 7.87. The quantitative estimate of drug-likeness (QED) is 0.0890. The smallest absolute Gasteiger partial charge is 0.335 e. The van der Waals surface area contributed by atoms with Gasteiger partial charge in [-0.1, -0.05) is 0 Å². The zero-order chi connectivity index (χ0) is 36.1. The normalized spacial score (nSPS) is 12.4. The van der Waals surface area contributed by atoms with E-state index in [1.807, 2.05) is 0 Å². The van der Waals surface area contributed by atoms with Crippen molar-refractivity contribution in [2.24, 2.45) is 0 Å². The summed E-state index contributed by atoms with van der Waals surface area (Å²) in [7, 11) is -21.0. The molecule has 0 radical (unpaired) electrons. The van der Waals surface area contributed by atoms with Crippen molar-refractivity contribution in [1.82, 2.24) is 0 Å². The predicted octanol–water partition coefficient (Wildman–Crippen LogP) is 1.61. The van der Waals surface area contributed by atoms with E-state index in [0.29, 0.717) is 12.1 Å². The lowest BCUT2D eigenvalue weighted by Crippen LogP contribution is -2.18. The fraction of sp³-hybridized carbons (Fsp3) is 0. The number of carbonyl (C=O) groups is 3. The van der Waals surface area contributed by atoms with Crippen molar-refractivity contribution in [2.45, 2.75) is 19.6 Å². The molecule has 0 atom stereocenters. The van der Waals surface area contributed by atoms with Crippen LogP contribution in [0.5, 0.6) is 0 Å². The van der Waals surface area contributed by atoms with Crippen molar-refractivity contribution in [3.8, 4) is 0 Å². The van der Waals surface area contributed by atoms with Gasteiger partial charge in [-0.05, 0) is 60.7 Å². The van der Waals surface area contributed by atoms with Gasteiger partial charge in [0.05, 0.1) is 21.7 Å². The molecule has 0 spiro atoms. The first-order valence-corrected chi connectivity index (χ1v) is 18.1. The van der Waals surface area contributed by atoms with Crippen molar-refractivity contribution in [3.63, 3.8) is 0 Å². The second-order valence-corrected chi connectivity index (χ2v) is 15.2. The van der Waals surface area contributed by atoms with Gasteiger partial charge in [0.25, 0.3) is 52.3 Å². The van der Waals surface area contributed by atoms with Crippen LogP contribution in [0.4, 0.5) is 17.1 Å². The third kappa shape index (κ3) is 7.58. The van der Waals surface area contributed by atoms with Crippen LogP contribution in [0.2, 0.25) is 0 Å². The maximum absolute atomic E-state index is 13.4. The molecule has 0 bridgehead atoms. The first-order valence-electron chi connectivity index (χ1n) is 12.3. The number of nitrogens with one attached hydrogen (secondary N) is 2. The number of carbonyl (C=O) groups excluding carboxylic acids is 2. The second-order valence-electron chi connectivity index (χ2n) is 9.62. The summed E-state index contributed by atoms with van der Waals surface area (Å²) >= 11 is 0. The monoisotopic (exact) mass is 745 g/mol. The van der Waals surface area contributed by atoms with Gasteiger partial charge in [0, 0.05) is 27.7 Å². The van der Waals surface area contributed by atoms with Crippen molar-refractivity contribution < 1.29 is 71.4 Å². The van der Waals surface area contributed by atoms with Gasteiger partial charge < -0.3 is 21.5 Å². The molecule has 0 heterocycles. The highest BCUT2D eigenvalue weighted by atomic mass is 32.2. The molecular weight excluding hydrogens is 727 g/mol. The van der Waals surface area contributed by atoms with Crippen molar-refractivity contribution in [3.05, 3.63) is 77.4 Å². The predicted molar refractivity (Wildman–Crippen MR) is 163 cm³/mol. The number of hydrogen-bond donors (Lipinski definition) is 8. The van der Waals surface area contributed by atoms with E-state index in [1.54, 1.807) is 0 Å². The molecule has 0 saturated carbocycles. The number of aromatic carboxylic acids is 1. The van der Waals surface area contributed by atoms with Crippen LogP contribution < -0.4 is 16.4 Å². The number of rotatable bonds is 9. The average molecular weight is 746 g/mol. The molecule has 4 aromatic carbocycles. The number of hydrogen-bond acceptors (Lipinski definition) is 12. The fourth-order valence-corrected chi connectivity index (χ4v) is 7.13. The number of nitrogen functional groups attached to an aromatic ring is 1. The molecule has 0 aromatic heterocycles. The van der Waals surface area contributed by atoms with Crippen molar-refractivity contribution >= 4 is 86.1 Å². The van der Waals surface area contributed by atoms with Crippen LogP contribution in [0.1, 0.15) is 31.1 Å². The van der Waals surface area contributed by atoms with E-state index in [-0.39, 0.29) is 11.8 Å². The van der Waals surface area contributed by atoms with E-state index < -0.39 is 117 Å². The van der Waals surface area contributed by atoms with Crippen LogP contribution in [-0.2, 0) is 40.5 Å². The van der Waals surface area contributed by atoms with Crippen LogP contribution in [0.3, 0.4) is 0 Å². The molecule has 0 unspecified atom stereocenters. The standard InChI is InChI=1S/C25H19N3O16S4/c26-13-1-2-16(20(8-13)47(39,40)41)24(30)27-14-6-11(5-12(7-14)25(31)32)23(29)28-18-3-4-19(46(36,37)38)17-9-15(45(33,34)35)10-21(22(17)18)48(42,43)44/h1-10H,26H2,(H,27,30)(H,28,29)(H,31,32)(H,33,34,35)(H,36,37,38)(H,39,40,41)(H,42,43,44). The van der Waals surface area contributed by atoms with Gasteiger partial charge in [-0.25, -0.2) is 4.79 Å². The second kappa shape index (κ2) is 12.2. The minimum absolute atomic E-state index is 0.144. The van der Waals surface area contributed by atoms with Gasteiger partial charge in [0.15, 0.2) is 0 Å². The summed E-state index contributed by atoms with van der Waals surface area (Å²) in [6.07, 6.45) is 0. The number of carboxylic acids is 1. The molecule has 0 saturated heterocycles. The third-order valence-electron chi connectivity index (χ3n) is 6.34. The molecule has 0 aliphatic rings. The van der Waals surface area contributed by atoms with E-state index in [2.05, 4.69) is 10.6 Å². The van der Waals surface area contributed by atoms with E-state index >= 15 is 0 Å². The first kappa shape index (κ1) is 35.8. The molecule has 0 fully saturated rings. The topological polar surface area (TPSA) is 339 Å². The first-order chi connectivity index (χ1) is 21.9. The number of carboxylic acid groups (broad SMARTS) is 1. The Morgan fingerprint density at radius 2 is 1.17 bits per heavy atom. The Hall–Kier alpha value is -5.01. The fourth-order valence-electron chi connectivity index (χ4n) is 4.36. The SMILES string of the molecule is Nc1ccc(C(=O)Nc2cc(C(=O)O)cc(C(=O)Nc3ccc(S(=O)(=O)O)c4cc(S(=O)(=O)O)cc(S(=O)(=O)O)c34)c2)c(S(=O)(=O)O)c1. The van der Waals surface area contributed by atoms with E-state index in [0.717, 1.165) is 42.5 Å². The molecule has 23 heteroatoms. The highest BCUT2D eigenvalue weighted by Crippen LogP contribution is 2.37. The van der Waals surface area contributed by atoms with Crippen LogP contribution >= 0.6 is 0 Å². The van der Waals surface area contributed by atoms with Crippen LogP contribution in [0.15, 0.2) is 80.2 Å². The Morgan fingerprint density at radius 3 is 1.71 bits per heavy atom. The summed E-state index contributed by atoms with van der Waals surface area (Å²) in [4.78, 5) is 33.5. The van der Waals surface area contributed by atoms with E-state index in [4.69, 9.17) is 5.73 Å². The summed E-state index contributed by atoms with van der Waals surface area (Å²) in [6.45, 7) is 0. The molecule has 0 aliphatic heterocycles. The van der Waals surface area contributed by atoms with Gasteiger partial charge in [-0.15, -0.1) is 0 Å². The molecule has 9 N–H and O–H groups in total. The molecular formula is C25H19N3O16S4. The Morgan fingerprint density at radius 1 is 0.583 bits per heavy atom. The molecule has 254 valence electrons. The number of amides is 2. The van der Waals surface area contributed by atoms with E-state index in [9.17, 15) is 71.4 Å². The molecule has 19 nitrogen and oxygen atoms in total. The summed E-state index contributed by atoms with van der Waals surface area (Å²) in [5, 5.41) is 12.1. The summed E-state index contributed by atoms with van der Waals surface area (Å²) < 4.78 is 134. The Labute approximate surface area is 270 Å². The van der Waals surface area contributed by atoms with Crippen molar-refractivity contribution in [2.75, 3.05) is 16.4 Å². The zero-order valence-corrected chi connectivity index (χ0v) is 26.5. The lowest BCUT2D eigenvalue weighted by atomic mass is 10.1. The Bertz CT molecular complexity index is 2530. The number of nitrogens with two attached hydrogens (primary N) is 1. The molecule has 4 aromatic rings. The Kier molecular flexibility index (Phi) is 9.12. The number of benzene rings is 4. The lowest BCUT2D eigenvalue weighted by molar-refractivity contribution is 0.0696. The maximum Gasteiger partial charge on any atom is 0.335 e. The van der Waals surface area contributed by atoms with Crippen LogP contribution in [-0.4, -0.2) is 74.8 Å². The molecule has 0 aliphatic carbocycles. The Balaban J connectivity index is 1.88. The van der Waals surface area contributed by atoms with Gasteiger partial charge in [-0.2, -0.15) is 33.7 Å². The lowest BCUT2D eigenvalue weighted by Gasteiger charge is -2.16. The minimum atomic E-state index is -5.48. The minimum Gasteiger partial charge on any atom is -0.478 e. The summed E-state index contributed by atoms with van der Waals surface area (Å²) in [5.74, 6) is -4.13. The van der Waals surface area contributed by atoms with Crippen LogP contribution in [0, 0.1) is 0 Å². The molecule has 2 amide bonds. The number of fused-ring (bicyclic) bond motifs is 1. The zero-order valence-electron chi connectivity index (χ0n) is 23.2. The van der Waals surface area contributed by atoms with Gasteiger partial charge in [0.1, 0.15) is 14.7 Å². The summed E-state index contributed by atoms with van der Waals surface area (Å²) in [6, 6.07) is 7.31. The van der Waals surface area contributed by atoms with Gasteiger partial charge >= 0.3 is 5.97 Å². The van der Waals surface area contributed by atoms with E-state index in [1.165, 1.54) is 0 Å². The van der Waals surface area contributed by atoms with Gasteiger partial charge in [0.2, 0.25) is 0 Å². The number of anilines is 3. The largest absolute Gasteiger partial charge is 0.478 e. The highest BCUT2D eigenvalue weighted by Gasteiger charge is 2.28. The molecule has 4 rings (SSSR count). The molecule has 48 heavy (non-hydrogen) atoms. The summed E-state index contributed by atoms with van der Waals surface area (Å²) in [5.41, 5.74) is 2.47. The maximum atomic E-state index is 13.4. The average Bonchev–Trinajstić information content (AvgIpc) is 2.94. The van der Waals surface area contributed by atoms with Gasteiger partial charge in [-0.3, -0.25) is 27.8 Å².